The van der Waals surface area contributed by atoms with E-state index in [1.807, 2.05) is 0 Å². The van der Waals surface area contributed by atoms with Crippen molar-refractivity contribution in [3.63, 3.8) is 0 Å². The summed E-state index contributed by atoms with van der Waals surface area (Å²) in [5, 5.41) is 10.7. The molecule has 3 amide bonds. The molecule has 2 aromatic carbocycles. The second-order valence-electron chi connectivity index (χ2n) is 10.4. The molecule has 1 unspecified atom stereocenters. The highest BCUT2D eigenvalue weighted by atomic mass is 19.4. The lowest BCUT2D eigenvalue weighted by molar-refractivity contribution is -0.276. The number of ether oxygens (including phenoxy) is 1. The van der Waals surface area contributed by atoms with Gasteiger partial charge in [-0.1, -0.05) is 0 Å². The Balaban J connectivity index is 1.47. The van der Waals surface area contributed by atoms with E-state index in [9.17, 15) is 36.7 Å². The fourth-order valence-corrected chi connectivity index (χ4v) is 4.85. The molecule has 0 radical (unpaired) electrons. The fraction of sp³-hybridized carbons (Fsp3) is 0.357. The van der Waals surface area contributed by atoms with Crippen molar-refractivity contribution in [2.24, 2.45) is 0 Å². The Hall–Kier alpha value is -4.53. The summed E-state index contributed by atoms with van der Waals surface area (Å²) in [4.78, 5) is 50.4. The predicted molar refractivity (Wildman–Crippen MR) is 144 cm³/mol. The highest BCUT2D eigenvalue weighted by molar-refractivity contribution is 6.09. The smallest absolute Gasteiger partial charge is 0.399 e. The molecule has 0 spiro atoms. The SMILES string of the molecule is CC(=O)c1cn(CC(=O)c2cc(NC(=O)C3CCCN3)c(F)c(OC(F)(F)F)c2F)c2ccc(NC(=O)NC3CC3)cc12. The maximum Gasteiger partial charge on any atom is 0.573 e. The molecule has 1 saturated carbocycles. The highest BCUT2D eigenvalue weighted by Gasteiger charge is 2.37. The second-order valence-corrected chi connectivity index (χ2v) is 10.4. The van der Waals surface area contributed by atoms with E-state index in [-0.39, 0.29) is 11.6 Å². The first-order valence-corrected chi connectivity index (χ1v) is 13.4. The van der Waals surface area contributed by atoms with Gasteiger partial charge in [-0.3, -0.25) is 14.4 Å². The molecule has 228 valence electrons. The van der Waals surface area contributed by atoms with Gasteiger partial charge in [-0.15, -0.1) is 13.2 Å². The van der Waals surface area contributed by atoms with Crippen molar-refractivity contribution in [3.8, 4) is 5.75 Å². The molecule has 1 atom stereocenters. The van der Waals surface area contributed by atoms with E-state index in [2.05, 4.69) is 26.0 Å². The number of nitrogens with one attached hydrogen (secondary N) is 4. The number of fused-ring (bicyclic) bond motifs is 1. The number of hydrogen-bond donors (Lipinski definition) is 4. The predicted octanol–water partition coefficient (Wildman–Crippen LogP) is 4.88. The standard InChI is InChI=1S/C28H26F5N5O5/c1-13(39)18-11-38(21-7-6-15(9-16(18)21)36-27(42)35-14-4-5-14)12-22(40)17-10-20(37-26(41)19-3-2-8-34-19)24(30)25(23(17)29)43-28(31,32)33/h6-7,9-11,14,19,34H,2-5,8,12H2,1H3,(H,37,41)(H2,35,36,42). The molecular formula is C28H26F5N5O5. The molecule has 2 aliphatic rings. The van der Waals surface area contributed by atoms with Crippen LogP contribution in [0.4, 0.5) is 38.1 Å². The molecule has 1 aromatic heterocycles. The molecule has 4 N–H and O–H groups in total. The number of urea groups is 1. The van der Waals surface area contributed by atoms with E-state index in [0.717, 1.165) is 12.8 Å². The Morgan fingerprint density at radius 2 is 1.77 bits per heavy atom. The molecule has 3 aromatic rings. The summed E-state index contributed by atoms with van der Waals surface area (Å²) in [6.07, 6.45) is -1.43. The van der Waals surface area contributed by atoms with E-state index in [1.165, 1.54) is 35.9 Å². The first-order valence-electron chi connectivity index (χ1n) is 13.4. The number of amides is 3. The lowest BCUT2D eigenvalue weighted by Gasteiger charge is -2.17. The van der Waals surface area contributed by atoms with Crippen molar-refractivity contribution in [2.75, 3.05) is 17.2 Å². The van der Waals surface area contributed by atoms with Gasteiger partial charge in [0.15, 0.2) is 23.2 Å². The summed E-state index contributed by atoms with van der Waals surface area (Å²) >= 11 is 0. The van der Waals surface area contributed by atoms with Gasteiger partial charge in [-0.25, -0.2) is 13.6 Å². The van der Waals surface area contributed by atoms with Gasteiger partial charge in [0.2, 0.25) is 11.7 Å². The Bertz CT molecular complexity index is 1630. The summed E-state index contributed by atoms with van der Waals surface area (Å²) in [6, 6.07) is 4.05. The van der Waals surface area contributed by atoms with Crippen molar-refractivity contribution >= 4 is 45.8 Å². The van der Waals surface area contributed by atoms with E-state index in [1.54, 1.807) is 0 Å². The van der Waals surface area contributed by atoms with Crippen molar-refractivity contribution in [1.29, 1.82) is 0 Å². The molecule has 5 rings (SSSR count). The van der Waals surface area contributed by atoms with Gasteiger partial charge in [0.05, 0.1) is 23.8 Å². The van der Waals surface area contributed by atoms with Gasteiger partial charge in [0, 0.05) is 34.4 Å². The fourth-order valence-electron chi connectivity index (χ4n) is 4.85. The molecule has 0 bridgehead atoms. The van der Waals surface area contributed by atoms with Gasteiger partial charge >= 0.3 is 12.4 Å². The number of aromatic nitrogens is 1. The number of hydrogen-bond acceptors (Lipinski definition) is 6. The maximum atomic E-state index is 15.2. The number of nitrogens with zero attached hydrogens (tertiary/aromatic N) is 1. The van der Waals surface area contributed by atoms with Gasteiger partial charge < -0.3 is 30.6 Å². The average Bonchev–Trinajstić information content (AvgIpc) is 3.41. The van der Waals surface area contributed by atoms with Crippen LogP contribution in [0, 0.1) is 11.6 Å². The van der Waals surface area contributed by atoms with E-state index >= 15 is 4.39 Å². The molecule has 1 aliphatic carbocycles. The molecule has 10 nitrogen and oxygen atoms in total. The average molecular weight is 608 g/mol. The van der Waals surface area contributed by atoms with Gasteiger partial charge in [-0.05, 0) is 63.4 Å². The van der Waals surface area contributed by atoms with Crippen LogP contribution in [0.3, 0.4) is 0 Å². The Labute approximate surface area is 240 Å². The zero-order chi connectivity index (χ0) is 31.1. The lowest BCUT2D eigenvalue weighted by atomic mass is 10.1. The normalized spacial score (nSPS) is 16.7. The van der Waals surface area contributed by atoms with Crippen molar-refractivity contribution in [1.82, 2.24) is 15.2 Å². The van der Waals surface area contributed by atoms with Crippen LogP contribution in [0.1, 0.15) is 53.3 Å². The quantitative estimate of drug-likeness (QED) is 0.203. The minimum Gasteiger partial charge on any atom is -0.399 e. The first kappa shape index (κ1) is 29.9. The van der Waals surface area contributed by atoms with Crippen LogP contribution in [0.15, 0.2) is 30.5 Å². The zero-order valence-corrected chi connectivity index (χ0v) is 22.7. The second kappa shape index (κ2) is 11.6. The van der Waals surface area contributed by atoms with Gasteiger partial charge in [0.25, 0.3) is 0 Å². The van der Waals surface area contributed by atoms with Crippen LogP contribution < -0.4 is 26.0 Å². The number of halogens is 5. The third-order valence-electron chi connectivity index (χ3n) is 7.06. The number of rotatable bonds is 9. The van der Waals surface area contributed by atoms with E-state index in [0.29, 0.717) is 42.0 Å². The van der Waals surface area contributed by atoms with Crippen LogP contribution >= 0.6 is 0 Å². The molecular weight excluding hydrogens is 581 g/mol. The number of benzene rings is 2. The molecule has 15 heteroatoms. The van der Waals surface area contributed by atoms with Crippen molar-refractivity contribution in [2.45, 2.75) is 57.6 Å². The van der Waals surface area contributed by atoms with Gasteiger partial charge in [-0.2, -0.15) is 0 Å². The minimum atomic E-state index is -5.51. The number of alkyl halides is 3. The number of ketones is 2. The molecule has 43 heavy (non-hydrogen) atoms. The van der Waals surface area contributed by atoms with Gasteiger partial charge in [0.1, 0.15) is 0 Å². The Morgan fingerprint density at radius 3 is 2.40 bits per heavy atom. The monoisotopic (exact) mass is 607 g/mol. The number of Topliss-reactive ketones (excluding diaryl/α,β-unsaturated/α-hetero) is 2. The topological polar surface area (TPSA) is 131 Å². The van der Waals surface area contributed by atoms with E-state index in [4.69, 9.17) is 0 Å². The molecule has 1 saturated heterocycles. The molecule has 2 heterocycles. The summed E-state index contributed by atoms with van der Waals surface area (Å²) < 4.78 is 74.2. The minimum absolute atomic E-state index is 0.103. The summed E-state index contributed by atoms with van der Waals surface area (Å²) in [7, 11) is 0. The Kier molecular flexibility index (Phi) is 8.10. The lowest BCUT2D eigenvalue weighted by Crippen LogP contribution is -2.36. The van der Waals surface area contributed by atoms with Crippen molar-refractivity contribution < 1.29 is 45.9 Å². The van der Waals surface area contributed by atoms with E-state index < -0.39 is 71.1 Å². The zero-order valence-electron chi connectivity index (χ0n) is 22.7. The van der Waals surface area contributed by atoms with Crippen LogP contribution in [-0.4, -0.2) is 53.1 Å². The van der Waals surface area contributed by atoms with Crippen LogP contribution in [0.2, 0.25) is 0 Å². The molecule has 1 aliphatic heterocycles. The number of carbonyl (C=O) groups excluding carboxylic acids is 4. The van der Waals surface area contributed by atoms with Crippen LogP contribution in [0.5, 0.6) is 5.75 Å². The third-order valence-corrected chi connectivity index (χ3v) is 7.06. The first-order chi connectivity index (χ1) is 20.3. The summed E-state index contributed by atoms with van der Waals surface area (Å²) in [6.45, 7) is 1.09. The third kappa shape index (κ3) is 6.77. The van der Waals surface area contributed by atoms with Crippen LogP contribution in [-0.2, 0) is 11.3 Å². The largest absolute Gasteiger partial charge is 0.573 e. The maximum absolute atomic E-state index is 15.2. The summed E-state index contributed by atoms with van der Waals surface area (Å²) in [5.41, 5.74) is -1.01. The van der Waals surface area contributed by atoms with Crippen molar-refractivity contribution in [3.05, 3.63) is 53.2 Å². The number of anilines is 2. The Morgan fingerprint density at radius 1 is 1.02 bits per heavy atom. The highest BCUT2D eigenvalue weighted by Crippen LogP contribution is 2.36. The summed E-state index contributed by atoms with van der Waals surface area (Å²) in [5.74, 6) is -7.92. The van der Waals surface area contributed by atoms with Crippen LogP contribution in [0.25, 0.3) is 10.9 Å². The number of carbonyl (C=O) groups is 4. The molecule has 2 fully saturated rings.